The zero-order chi connectivity index (χ0) is 13.1. The van der Waals surface area contributed by atoms with Gasteiger partial charge in [0.2, 0.25) is 5.91 Å². The lowest BCUT2D eigenvalue weighted by atomic mass is 9.88. The molecular weight excluding hydrogens is 224 g/mol. The van der Waals surface area contributed by atoms with Crippen molar-refractivity contribution in [1.29, 1.82) is 0 Å². The monoisotopic (exact) mass is 246 g/mol. The summed E-state index contributed by atoms with van der Waals surface area (Å²) >= 11 is 0. The fraction of sp³-hybridized carbons (Fsp3) is 0.533. The quantitative estimate of drug-likeness (QED) is 0.852. The Morgan fingerprint density at radius 2 is 2.00 bits per heavy atom. The molecule has 3 nitrogen and oxygen atoms in total. The molecule has 2 rings (SSSR count). The first kappa shape index (κ1) is 13.1. The Balaban J connectivity index is 1.96. The van der Waals surface area contributed by atoms with E-state index in [0.717, 1.165) is 19.3 Å². The number of hydrogen-bond donors (Lipinski definition) is 2. The number of amides is 1. The van der Waals surface area contributed by atoms with Crippen LogP contribution in [0.15, 0.2) is 24.3 Å². The van der Waals surface area contributed by atoms with Crippen LogP contribution in [0.5, 0.6) is 0 Å². The number of benzene rings is 1. The summed E-state index contributed by atoms with van der Waals surface area (Å²) in [7, 11) is 0. The number of hydrogen-bond acceptors (Lipinski definition) is 2. The van der Waals surface area contributed by atoms with E-state index >= 15 is 0 Å². The standard InChI is InChI=1S/C15H22N2O/c1-10(11(2)16)15(18)17-14-8-7-12-5-3-4-6-13(12)9-14/h3-6,10-11,14H,7-9,16H2,1-2H3,(H,17,18). The van der Waals surface area contributed by atoms with Gasteiger partial charge in [0.25, 0.3) is 0 Å². The third-order valence-corrected chi connectivity index (χ3v) is 3.90. The summed E-state index contributed by atoms with van der Waals surface area (Å²) in [5.41, 5.74) is 8.54. The molecular formula is C15H22N2O. The molecule has 1 aromatic rings. The molecule has 3 atom stereocenters. The van der Waals surface area contributed by atoms with Crippen LogP contribution in [0, 0.1) is 5.92 Å². The van der Waals surface area contributed by atoms with Crippen LogP contribution in [0.4, 0.5) is 0 Å². The zero-order valence-corrected chi connectivity index (χ0v) is 11.1. The van der Waals surface area contributed by atoms with E-state index in [0.29, 0.717) is 0 Å². The molecule has 3 unspecified atom stereocenters. The zero-order valence-electron chi connectivity index (χ0n) is 11.1. The summed E-state index contributed by atoms with van der Waals surface area (Å²) in [5.74, 6) is -0.0449. The largest absolute Gasteiger partial charge is 0.353 e. The van der Waals surface area contributed by atoms with Gasteiger partial charge in [-0.2, -0.15) is 0 Å². The Kier molecular flexibility index (Phi) is 4.02. The van der Waals surface area contributed by atoms with E-state index in [1.165, 1.54) is 11.1 Å². The molecule has 0 bridgehead atoms. The van der Waals surface area contributed by atoms with Gasteiger partial charge >= 0.3 is 0 Å². The number of fused-ring (bicyclic) bond motifs is 1. The average molecular weight is 246 g/mol. The molecule has 18 heavy (non-hydrogen) atoms. The fourth-order valence-electron chi connectivity index (χ4n) is 2.39. The molecule has 0 radical (unpaired) electrons. The number of carbonyl (C=O) groups excluding carboxylic acids is 1. The minimum absolute atomic E-state index is 0.0781. The Bertz CT molecular complexity index is 428. The van der Waals surface area contributed by atoms with Crippen LogP contribution < -0.4 is 11.1 Å². The molecule has 1 aliphatic rings. The number of rotatable bonds is 3. The van der Waals surface area contributed by atoms with Gasteiger partial charge in [-0.25, -0.2) is 0 Å². The predicted molar refractivity (Wildman–Crippen MR) is 73.2 cm³/mol. The van der Waals surface area contributed by atoms with Crippen molar-refractivity contribution >= 4 is 5.91 Å². The van der Waals surface area contributed by atoms with E-state index in [1.807, 2.05) is 13.8 Å². The van der Waals surface area contributed by atoms with Crippen LogP contribution in [-0.4, -0.2) is 18.0 Å². The topological polar surface area (TPSA) is 55.1 Å². The highest BCUT2D eigenvalue weighted by molar-refractivity contribution is 5.79. The van der Waals surface area contributed by atoms with Crippen LogP contribution >= 0.6 is 0 Å². The maximum absolute atomic E-state index is 12.0. The second-order valence-electron chi connectivity index (χ2n) is 5.36. The van der Waals surface area contributed by atoms with Crippen molar-refractivity contribution in [3.63, 3.8) is 0 Å². The maximum atomic E-state index is 12.0. The van der Waals surface area contributed by atoms with Crippen molar-refractivity contribution in [2.45, 2.75) is 45.2 Å². The summed E-state index contributed by atoms with van der Waals surface area (Å²) in [5, 5.41) is 3.12. The van der Waals surface area contributed by atoms with Gasteiger partial charge in [0.15, 0.2) is 0 Å². The van der Waals surface area contributed by atoms with Crippen molar-refractivity contribution < 1.29 is 4.79 Å². The molecule has 98 valence electrons. The van der Waals surface area contributed by atoms with Gasteiger partial charge in [-0.3, -0.25) is 4.79 Å². The van der Waals surface area contributed by atoms with Crippen molar-refractivity contribution in [1.82, 2.24) is 5.32 Å². The minimum Gasteiger partial charge on any atom is -0.353 e. The van der Waals surface area contributed by atoms with Crippen LogP contribution in [0.25, 0.3) is 0 Å². The molecule has 3 heteroatoms. The molecule has 0 aromatic heterocycles. The summed E-state index contributed by atoms with van der Waals surface area (Å²) in [6.45, 7) is 3.76. The smallest absolute Gasteiger partial charge is 0.224 e. The molecule has 1 aliphatic carbocycles. The number of nitrogens with one attached hydrogen (secondary N) is 1. The maximum Gasteiger partial charge on any atom is 0.224 e. The molecule has 0 heterocycles. The summed E-state index contributed by atoms with van der Waals surface area (Å²) in [6, 6.07) is 8.64. The van der Waals surface area contributed by atoms with E-state index in [-0.39, 0.29) is 23.9 Å². The first-order chi connectivity index (χ1) is 8.58. The van der Waals surface area contributed by atoms with Crippen LogP contribution in [-0.2, 0) is 17.6 Å². The van der Waals surface area contributed by atoms with Crippen LogP contribution in [0.2, 0.25) is 0 Å². The third kappa shape index (κ3) is 2.91. The van der Waals surface area contributed by atoms with Crippen molar-refractivity contribution in [2.75, 3.05) is 0 Å². The average Bonchev–Trinajstić information content (AvgIpc) is 2.37. The number of carbonyl (C=O) groups is 1. The van der Waals surface area contributed by atoms with E-state index in [2.05, 4.69) is 29.6 Å². The molecule has 0 aliphatic heterocycles. The van der Waals surface area contributed by atoms with Gasteiger partial charge in [0.05, 0.1) is 0 Å². The van der Waals surface area contributed by atoms with Crippen molar-refractivity contribution in [3.8, 4) is 0 Å². The Morgan fingerprint density at radius 1 is 1.33 bits per heavy atom. The fourth-order valence-corrected chi connectivity index (χ4v) is 2.39. The van der Waals surface area contributed by atoms with Gasteiger partial charge in [-0.15, -0.1) is 0 Å². The lowest BCUT2D eigenvalue weighted by Crippen LogP contribution is -2.45. The van der Waals surface area contributed by atoms with Crippen molar-refractivity contribution in [3.05, 3.63) is 35.4 Å². The molecule has 0 spiro atoms. The molecule has 1 amide bonds. The normalized spacial score (nSPS) is 21.8. The highest BCUT2D eigenvalue weighted by Crippen LogP contribution is 2.21. The number of aryl methyl sites for hydroxylation is 1. The minimum atomic E-state index is -0.123. The molecule has 0 saturated carbocycles. The highest BCUT2D eigenvalue weighted by atomic mass is 16.1. The van der Waals surface area contributed by atoms with Crippen molar-refractivity contribution in [2.24, 2.45) is 11.7 Å². The predicted octanol–water partition coefficient (Wildman–Crippen LogP) is 1.64. The van der Waals surface area contributed by atoms with E-state index in [1.54, 1.807) is 0 Å². The number of nitrogens with two attached hydrogens (primary N) is 1. The van der Waals surface area contributed by atoms with Crippen LogP contribution in [0.1, 0.15) is 31.4 Å². The third-order valence-electron chi connectivity index (χ3n) is 3.90. The Morgan fingerprint density at radius 3 is 2.67 bits per heavy atom. The molecule has 0 saturated heterocycles. The van der Waals surface area contributed by atoms with Gasteiger partial charge in [0, 0.05) is 18.0 Å². The first-order valence-electron chi connectivity index (χ1n) is 6.70. The van der Waals surface area contributed by atoms with Gasteiger partial charge in [-0.1, -0.05) is 31.2 Å². The van der Waals surface area contributed by atoms with Gasteiger partial charge < -0.3 is 11.1 Å². The van der Waals surface area contributed by atoms with E-state index < -0.39 is 0 Å². The molecule has 3 N–H and O–H groups in total. The Labute approximate surface area is 109 Å². The second-order valence-corrected chi connectivity index (χ2v) is 5.36. The van der Waals surface area contributed by atoms with E-state index in [4.69, 9.17) is 5.73 Å². The summed E-state index contributed by atoms with van der Waals surface area (Å²) in [6.07, 6.45) is 3.01. The molecule has 1 aromatic carbocycles. The summed E-state index contributed by atoms with van der Waals surface area (Å²) < 4.78 is 0. The second kappa shape index (κ2) is 5.53. The molecule has 0 fully saturated rings. The lowest BCUT2D eigenvalue weighted by Gasteiger charge is -2.27. The van der Waals surface area contributed by atoms with Crippen LogP contribution in [0.3, 0.4) is 0 Å². The van der Waals surface area contributed by atoms with Gasteiger partial charge in [-0.05, 0) is 37.3 Å². The lowest BCUT2D eigenvalue weighted by molar-refractivity contribution is -0.125. The Hall–Kier alpha value is -1.35. The summed E-state index contributed by atoms with van der Waals surface area (Å²) in [4.78, 5) is 12.0. The van der Waals surface area contributed by atoms with E-state index in [9.17, 15) is 4.79 Å². The highest BCUT2D eigenvalue weighted by Gasteiger charge is 2.23. The van der Waals surface area contributed by atoms with Gasteiger partial charge in [0.1, 0.15) is 0 Å². The SMILES string of the molecule is CC(N)C(C)C(=O)NC1CCc2ccccc2C1. The first-order valence-corrected chi connectivity index (χ1v) is 6.70.